The maximum Gasteiger partial charge on any atom is 0.0940 e. The maximum absolute atomic E-state index is 10.5. The van der Waals surface area contributed by atoms with Crippen molar-refractivity contribution < 1.29 is 14.6 Å². The van der Waals surface area contributed by atoms with Crippen molar-refractivity contribution in [1.82, 2.24) is 0 Å². The van der Waals surface area contributed by atoms with Gasteiger partial charge in [0, 0.05) is 19.6 Å². The molecule has 3 heteroatoms. The van der Waals surface area contributed by atoms with Crippen LogP contribution in [0.1, 0.15) is 46.0 Å². The number of rotatable bonds is 4. The van der Waals surface area contributed by atoms with E-state index in [0.29, 0.717) is 11.8 Å². The van der Waals surface area contributed by atoms with Crippen LogP contribution in [0.15, 0.2) is 0 Å². The first kappa shape index (κ1) is 13.3. The number of hydrogen-bond donors (Lipinski definition) is 1. The molecule has 17 heavy (non-hydrogen) atoms. The number of hydrogen-bond acceptors (Lipinski definition) is 3. The quantitative estimate of drug-likeness (QED) is 0.822. The Kier molecular flexibility index (Phi) is 4.45. The fourth-order valence-electron chi connectivity index (χ4n) is 3.38. The van der Waals surface area contributed by atoms with E-state index in [1.54, 1.807) is 0 Å². The van der Waals surface area contributed by atoms with Crippen LogP contribution in [0.5, 0.6) is 0 Å². The first-order valence-electron chi connectivity index (χ1n) is 7.10. The van der Waals surface area contributed by atoms with Gasteiger partial charge in [0.05, 0.1) is 18.3 Å². The lowest BCUT2D eigenvalue weighted by Gasteiger charge is -2.40. The summed E-state index contributed by atoms with van der Waals surface area (Å²) in [6, 6.07) is 0. The Morgan fingerprint density at radius 1 is 1.29 bits per heavy atom. The lowest BCUT2D eigenvalue weighted by atomic mass is 9.77. The van der Waals surface area contributed by atoms with Gasteiger partial charge < -0.3 is 14.6 Å². The van der Waals surface area contributed by atoms with Crippen LogP contribution in [0.25, 0.3) is 0 Å². The van der Waals surface area contributed by atoms with E-state index in [1.807, 2.05) is 0 Å². The minimum absolute atomic E-state index is 0.0735. The molecule has 2 fully saturated rings. The van der Waals surface area contributed by atoms with Gasteiger partial charge in [-0.2, -0.15) is 0 Å². The lowest BCUT2D eigenvalue weighted by Crippen LogP contribution is -2.45. The van der Waals surface area contributed by atoms with Gasteiger partial charge in [-0.15, -0.1) is 0 Å². The van der Waals surface area contributed by atoms with Crippen LogP contribution in [0.3, 0.4) is 0 Å². The average molecular weight is 242 g/mol. The zero-order valence-corrected chi connectivity index (χ0v) is 11.2. The molecular weight excluding hydrogens is 216 g/mol. The Labute approximate surface area is 104 Å². The summed E-state index contributed by atoms with van der Waals surface area (Å²) in [5, 5.41) is 10.5. The molecule has 3 unspecified atom stereocenters. The van der Waals surface area contributed by atoms with Crippen LogP contribution in [0, 0.1) is 11.8 Å². The minimum Gasteiger partial charge on any atom is -0.393 e. The Hall–Kier alpha value is -0.120. The Morgan fingerprint density at radius 3 is 2.65 bits per heavy atom. The van der Waals surface area contributed by atoms with Gasteiger partial charge in [0.25, 0.3) is 0 Å². The van der Waals surface area contributed by atoms with Crippen molar-refractivity contribution in [2.75, 3.05) is 19.8 Å². The second-order valence-corrected chi connectivity index (χ2v) is 5.65. The summed E-state index contributed by atoms with van der Waals surface area (Å²) in [7, 11) is 0. The first-order valence-corrected chi connectivity index (χ1v) is 7.10. The maximum atomic E-state index is 10.5. The van der Waals surface area contributed by atoms with Crippen molar-refractivity contribution in [2.24, 2.45) is 11.8 Å². The van der Waals surface area contributed by atoms with Gasteiger partial charge in [-0.1, -0.05) is 26.7 Å². The third kappa shape index (κ3) is 2.83. The first-order chi connectivity index (χ1) is 8.21. The van der Waals surface area contributed by atoms with Crippen LogP contribution in [-0.2, 0) is 9.47 Å². The van der Waals surface area contributed by atoms with E-state index in [-0.39, 0.29) is 11.7 Å². The molecule has 1 spiro atoms. The molecule has 100 valence electrons. The van der Waals surface area contributed by atoms with E-state index in [0.717, 1.165) is 51.9 Å². The fraction of sp³-hybridized carbons (Fsp3) is 1.00. The number of aliphatic hydroxyl groups is 1. The van der Waals surface area contributed by atoms with Gasteiger partial charge >= 0.3 is 0 Å². The molecule has 1 N–H and O–H groups in total. The Bertz CT molecular complexity index is 232. The molecule has 0 saturated carbocycles. The van der Waals surface area contributed by atoms with Gasteiger partial charge in [0.1, 0.15) is 0 Å². The Morgan fingerprint density at radius 2 is 2.06 bits per heavy atom. The van der Waals surface area contributed by atoms with Crippen LogP contribution in [-0.4, -0.2) is 36.6 Å². The van der Waals surface area contributed by atoms with E-state index in [4.69, 9.17) is 9.47 Å². The van der Waals surface area contributed by atoms with Crippen molar-refractivity contribution in [3.63, 3.8) is 0 Å². The smallest absolute Gasteiger partial charge is 0.0940 e. The van der Waals surface area contributed by atoms with Crippen molar-refractivity contribution in [3.8, 4) is 0 Å². The van der Waals surface area contributed by atoms with Gasteiger partial charge in [0.15, 0.2) is 0 Å². The monoisotopic (exact) mass is 242 g/mol. The number of ether oxygens (including phenoxy) is 2. The fourth-order valence-corrected chi connectivity index (χ4v) is 3.38. The van der Waals surface area contributed by atoms with E-state index in [9.17, 15) is 5.11 Å². The molecule has 2 saturated heterocycles. The molecule has 2 aliphatic rings. The van der Waals surface area contributed by atoms with E-state index >= 15 is 0 Å². The molecule has 0 aromatic rings. The van der Waals surface area contributed by atoms with E-state index in [1.165, 1.54) is 0 Å². The van der Waals surface area contributed by atoms with Crippen molar-refractivity contribution in [2.45, 2.75) is 57.7 Å². The molecule has 0 bridgehead atoms. The SMILES string of the molecule is CCC(CC)C(O)C1CCOC2(CCOC2)C1. The second kappa shape index (κ2) is 5.68. The molecule has 2 rings (SSSR count). The van der Waals surface area contributed by atoms with Crippen molar-refractivity contribution in [3.05, 3.63) is 0 Å². The lowest BCUT2D eigenvalue weighted by molar-refractivity contribution is -0.123. The highest BCUT2D eigenvalue weighted by Gasteiger charge is 2.43. The molecule has 0 amide bonds. The largest absolute Gasteiger partial charge is 0.393 e. The highest BCUT2D eigenvalue weighted by Crippen LogP contribution is 2.39. The predicted molar refractivity (Wildman–Crippen MR) is 66.9 cm³/mol. The van der Waals surface area contributed by atoms with Crippen LogP contribution in [0.2, 0.25) is 0 Å². The zero-order chi connectivity index (χ0) is 12.3. The second-order valence-electron chi connectivity index (χ2n) is 5.65. The standard InChI is InChI=1S/C14H26O3/c1-3-11(4-2)13(15)12-5-7-17-14(9-12)6-8-16-10-14/h11-13,15H,3-10H2,1-2H3. The summed E-state index contributed by atoms with van der Waals surface area (Å²) >= 11 is 0. The predicted octanol–water partition coefficient (Wildman–Crippen LogP) is 2.37. The molecule has 0 aliphatic carbocycles. The molecule has 0 radical (unpaired) electrons. The summed E-state index contributed by atoms with van der Waals surface area (Å²) in [5.41, 5.74) is -0.0735. The summed E-state index contributed by atoms with van der Waals surface area (Å²) in [6.07, 6.45) is 4.95. The molecule has 2 aliphatic heterocycles. The number of aliphatic hydroxyl groups excluding tert-OH is 1. The Balaban J connectivity index is 1.96. The summed E-state index contributed by atoms with van der Waals surface area (Å²) < 4.78 is 11.4. The molecule has 0 aromatic heterocycles. The third-order valence-electron chi connectivity index (χ3n) is 4.61. The molecular formula is C14H26O3. The molecule has 0 aromatic carbocycles. The zero-order valence-electron chi connectivity index (χ0n) is 11.2. The summed E-state index contributed by atoms with van der Waals surface area (Å²) in [4.78, 5) is 0. The normalized spacial score (nSPS) is 35.6. The van der Waals surface area contributed by atoms with Crippen LogP contribution in [0.4, 0.5) is 0 Å². The van der Waals surface area contributed by atoms with Crippen LogP contribution < -0.4 is 0 Å². The van der Waals surface area contributed by atoms with Gasteiger partial charge in [0.2, 0.25) is 0 Å². The average Bonchev–Trinajstić information content (AvgIpc) is 2.78. The highest BCUT2D eigenvalue weighted by molar-refractivity contribution is 4.93. The van der Waals surface area contributed by atoms with Gasteiger partial charge in [-0.05, 0) is 24.7 Å². The molecule has 2 heterocycles. The topological polar surface area (TPSA) is 38.7 Å². The molecule has 3 nitrogen and oxygen atoms in total. The van der Waals surface area contributed by atoms with E-state index in [2.05, 4.69) is 13.8 Å². The van der Waals surface area contributed by atoms with Crippen molar-refractivity contribution in [1.29, 1.82) is 0 Å². The summed E-state index contributed by atoms with van der Waals surface area (Å²) in [5.74, 6) is 0.841. The van der Waals surface area contributed by atoms with Crippen molar-refractivity contribution >= 4 is 0 Å². The van der Waals surface area contributed by atoms with Crippen LogP contribution >= 0.6 is 0 Å². The van der Waals surface area contributed by atoms with Gasteiger partial charge in [-0.3, -0.25) is 0 Å². The molecule has 3 atom stereocenters. The highest BCUT2D eigenvalue weighted by atomic mass is 16.6. The third-order valence-corrected chi connectivity index (χ3v) is 4.61. The van der Waals surface area contributed by atoms with Gasteiger partial charge in [-0.25, -0.2) is 0 Å². The summed E-state index contributed by atoms with van der Waals surface area (Å²) in [6.45, 7) is 6.66. The van der Waals surface area contributed by atoms with E-state index < -0.39 is 0 Å². The minimum atomic E-state index is -0.161.